The molecule has 1 saturated carbocycles. The predicted octanol–water partition coefficient (Wildman–Crippen LogP) is 3.58. The normalized spacial score (nSPS) is 19.9. The molecule has 3 rings (SSSR count). The minimum atomic E-state index is -4.43. The van der Waals surface area contributed by atoms with E-state index < -0.39 is 24.2 Å². The van der Waals surface area contributed by atoms with Crippen LogP contribution in [0.2, 0.25) is 0 Å². The van der Waals surface area contributed by atoms with E-state index in [0.29, 0.717) is 25.8 Å². The Hall–Kier alpha value is -1.92. The first kappa shape index (κ1) is 16.9. The summed E-state index contributed by atoms with van der Waals surface area (Å²) in [6, 6.07) is 2.47. The van der Waals surface area contributed by atoms with Crippen LogP contribution in [0.4, 0.5) is 18.0 Å². The lowest BCUT2D eigenvalue weighted by molar-refractivity contribution is -0.165. The second kappa shape index (κ2) is 6.53. The molecule has 0 bridgehead atoms. The average Bonchev–Trinajstić information content (AvgIpc) is 3.04. The first-order valence-corrected chi connectivity index (χ1v) is 8.27. The number of amides is 2. The highest BCUT2D eigenvalue weighted by Gasteiger charge is 2.46. The Bertz CT molecular complexity index is 612. The maximum atomic E-state index is 13.3. The van der Waals surface area contributed by atoms with Gasteiger partial charge in [0.1, 0.15) is 11.8 Å². The molecule has 4 nitrogen and oxygen atoms in total. The van der Waals surface area contributed by atoms with Crippen molar-refractivity contribution in [1.82, 2.24) is 10.2 Å². The second-order valence-corrected chi connectivity index (χ2v) is 6.64. The Morgan fingerprint density at radius 2 is 1.96 bits per heavy atom. The van der Waals surface area contributed by atoms with Crippen molar-refractivity contribution in [1.29, 1.82) is 0 Å². The topological polar surface area (TPSA) is 52.6 Å². The third-order valence-electron chi connectivity index (χ3n) is 4.99. The van der Waals surface area contributed by atoms with Gasteiger partial charge in [-0.15, -0.1) is 0 Å². The second-order valence-electron chi connectivity index (χ2n) is 6.64. The van der Waals surface area contributed by atoms with E-state index in [4.69, 9.17) is 0 Å². The minimum absolute atomic E-state index is 0.0927. The van der Waals surface area contributed by atoms with Crippen molar-refractivity contribution in [2.75, 3.05) is 6.54 Å². The first-order valence-electron chi connectivity index (χ1n) is 8.27. The Labute approximate surface area is 138 Å². The van der Waals surface area contributed by atoms with Gasteiger partial charge in [0, 0.05) is 13.1 Å². The monoisotopic (exact) mass is 342 g/mol. The van der Waals surface area contributed by atoms with E-state index in [1.165, 1.54) is 4.90 Å². The molecule has 2 amide bonds. The van der Waals surface area contributed by atoms with Crippen molar-refractivity contribution in [2.24, 2.45) is 5.92 Å². The van der Waals surface area contributed by atoms with Gasteiger partial charge in [-0.2, -0.15) is 13.2 Å². The third kappa shape index (κ3) is 3.60. The Morgan fingerprint density at radius 3 is 2.62 bits per heavy atom. The van der Waals surface area contributed by atoms with Crippen molar-refractivity contribution < 1.29 is 23.1 Å². The van der Waals surface area contributed by atoms with Crippen LogP contribution in [-0.2, 0) is 13.0 Å². The molecule has 2 N–H and O–H groups in total. The van der Waals surface area contributed by atoms with Gasteiger partial charge >= 0.3 is 12.2 Å². The van der Waals surface area contributed by atoms with E-state index in [0.717, 1.165) is 24.0 Å². The fourth-order valence-corrected chi connectivity index (χ4v) is 3.70. The number of phenols is 1. The number of alkyl halides is 3. The molecule has 1 aromatic carbocycles. The van der Waals surface area contributed by atoms with Gasteiger partial charge in [0.25, 0.3) is 0 Å². The number of fused-ring (bicyclic) bond motifs is 1. The number of hydrogen-bond acceptors (Lipinski definition) is 2. The zero-order chi connectivity index (χ0) is 17.3. The molecule has 0 radical (unpaired) electrons. The maximum Gasteiger partial charge on any atom is 0.408 e. The molecular weight excluding hydrogens is 321 g/mol. The molecule has 7 heteroatoms. The lowest BCUT2D eigenvalue weighted by atomic mass is 9.97. The van der Waals surface area contributed by atoms with Gasteiger partial charge in [0.15, 0.2) is 0 Å². The molecule has 1 aromatic rings. The van der Waals surface area contributed by atoms with Crippen molar-refractivity contribution >= 4 is 6.03 Å². The van der Waals surface area contributed by atoms with E-state index in [-0.39, 0.29) is 12.3 Å². The van der Waals surface area contributed by atoms with Gasteiger partial charge in [-0.05, 0) is 48.4 Å². The molecular formula is C17H21F3N2O2. The van der Waals surface area contributed by atoms with Crippen LogP contribution >= 0.6 is 0 Å². The molecule has 1 aliphatic carbocycles. The molecule has 2 aliphatic rings. The number of halogens is 3. The molecule has 1 aliphatic heterocycles. The molecule has 0 aromatic heterocycles. The summed E-state index contributed by atoms with van der Waals surface area (Å²) < 4.78 is 40.0. The lowest BCUT2D eigenvalue weighted by Gasteiger charge is -2.33. The summed E-state index contributed by atoms with van der Waals surface area (Å²) in [5.74, 6) is -0.440. The van der Waals surface area contributed by atoms with Crippen molar-refractivity contribution in [3.8, 4) is 5.75 Å². The average molecular weight is 342 g/mol. The van der Waals surface area contributed by atoms with E-state index in [9.17, 15) is 23.1 Å². The van der Waals surface area contributed by atoms with Gasteiger partial charge in [0.2, 0.25) is 0 Å². The van der Waals surface area contributed by atoms with Crippen molar-refractivity contribution in [3.63, 3.8) is 0 Å². The largest absolute Gasteiger partial charge is 0.508 e. The minimum Gasteiger partial charge on any atom is -0.508 e. The quantitative estimate of drug-likeness (QED) is 0.863. The van der Waals surface area contributed by atoms with Crippen LogP contribution in [0, 0.1) is 5.92 Å². The van der Waals surface area contributed by atoms with E-state index in [1.54, 1.807) is 18.2 Å². The molecule has 1 atom stereocenters. The number of carbonyl (C=O) groups excluding carboxylic acids is 1. The first-order chi connectivity index (χ1) is 11.3. The Balaban J connectivity index is 1.69. The molecule has 1 heterocycles. The standard InChI is InChI=1S/C17H21F3N2O2/c18-17(19,20)15(12-3-1-2-4-12)21-16(24)22-8-7-11-5-6-14(23)9-13(11)10-22/h5-6,9,12,15,23H,1-4,7-8,10H2,(H,21,24). The molecule has 0 saturated heterocycles. The Morgan fingerprint density at radius 1 is 1.25 bits per heavy atom. The van der Waals surface area contributed by atoms with Crippen LogP contribution in [0.1, 0.15) is 36.8 Å². The number of hydrogen-bond donors (Lipinski definition) is 2. The zero-order valence-electron chi connectivity index (χ0n) is 13.3. The summed E-state index contributed by atoms with van der Waals surface area (Å²) in [5, 5.41) is 11.8. The highest BCUT2D eigenvalue weighted by molar-refractivity contribution is 5.75. The number of urea groups is 1. The van der Waals surface area contributed by atoms with Crippen molar-refractivity contribution in [2.45, 2.75) is 50.9 Å². The van der Waals surface area contributed by atoms with Crippen LogP contribution in [0.3, 0.4) is 0 Å². The SMILES string of the molecule is O=C(NC(C1CCCC1)C(F)(F)F)N1CCc2ccc(O)cc2C1. The number of carbonyl (C=O) groups is 1. The molecule has 24 heavy (non-hydrogen) atoms. The predicted molar refractivity (Wildman–Crippen MR) is 82.6 cm³/mol. The van der Waals surface area contributed by atoms with Gasteiger partial charge in [0.05, 0.1) is 0 Å². The van der Waals surface area contributed by atoms with Gasteiger partial charge in [-0.25, -0.2) is 4.79 Å². The van der Waals surface area contributed by atoms with Gasteiger partial charge in [-0.3, -0.25) is 0 Å². The molecule has 0 spiro atoms. The van der Waals surface area contributed by atoms with E-state index >= 15 is 0 Å². The van der Waals surface area contributed by atoms with Crippen LogP contribution in [0.5, 0.6) is 5.75 Å². The highest BCUT2D eigenvalue weighted by atomic mass is 19.4. The third-order valence-corrected chi connectivity index (χ3v) is 4.99. The van der Waals surface area contributed by atoms with Crippen LogP contribution in [0.25, 0.3) is 0 Å². The summed E-state index contributed by atoms with van der Waals surface area (Å²) in [5.41, 5.74) is 1.79. The van der Waals surface area contributed by atoms with Gasteiger partial charge < -0.3 is 15.3 Å². The number of phenolic OH excluding ortho intramolecular Hbond substituents is 1. The molecule has 132 valence electrons. The van der Waals surface area contributed by atoms with E-state index in [1.807, 2.05) is 0 Å². The number of rotatable bonds is 2. The van der Waals surface area contributed by atoms with Crippen LogP contribution in [-0.4, -0.2) is 34.8 Å². The zero-order valence-corrected chi connectivity index (χ0v) is 13.3. The Kier molecular flexibility index (Phi) is 4.60. The fraction of sp³-hybridized carbons (Fsp3) is 0.588. The number of benzene rings is 1. The lowest BCUT2D eigenvalue weighted by Crippen LogP contribution is -2.54. The van der Waals surface area contributed by atoms with Crippen molar-refractivity contribution in [3.05, 3.63) is 29.3 Å². The van der Waals surface area contributed by atoms with Crippen LogP contribution < -0.4 is 5.32 Å². The number of aromatic hydroxyl groups is 1. The summed E-state index contributed by atoms with van der Waals surface area (Å²) in [6.45, 7) is 0.587. The highest BCUT2D eigenvalue weighted by Crippen LogP contribution is 2.36. The number of nitrogens with zero attached hydrogens (tertiary/aromatic N) is 1. The summed E-state index contributed by atoms with van der Waals surface area (Å²) in [7, 11) is 0. The molecule has 1 fully saturated rings. The summed E-state index contributed by atoms with van der Waals surface area (Å²) in [6.07, 6.45) is -1.30. The van der Waals surface area contributed by atoms with Crippen LogP contribution in [0.15, 0.2) is 18.2 Å². The smallest absolute Gasteiger partial charge is 0.408 e. The fourth-order valence-electron chi connectivity index (χ4n) is 3.70. The van der Waals surface area contributed by atoms with Gasteiger partial charge in [-0.1, -0.05) is 18.9 Å². The van der Waals surface area contributed by atoms with E-state index in [2.05, 4.69) is 5.32 Å². The summed E-state index contributed by atoms with van der Waals surface area (Å²) >= 11 is 0. The molecule has 1 unspecified atom stereocenters. The summed E-state index contributed by atoms with van der Waals surface area (Å²) in [4.78, 5) is 13.7. The number of nitrogens with one attached hydrogen (secondary N) is 1. The maximum absolute atomic E-state index is 13.3.